The molecule has 1 unspecified atom stereocenters. The first-order valence-electron chi connectivity index (χ1n) is 8.71. The number of hydrogen-bond donors (Lipinski definition) is 3. The quantitative estimate of drug-likeness (QED) is 0.736. The first kappa shape index (κ1) is 17.8. The summed E-state index contributed by atoms with van der Waals surface area (Å²) in [5.74, 6) is -0.767. The molecule has 0 aromatic heterocycles. The minimum atomic E-state index is -0.498. The highest BCUT2D eigenvalue weighted by molar-refractivity contribution is 5.97. The van der Waals surface area contributed by atoms with Crippen LogP contribution >= 0.6 is 0 Å². The molecule has 0 bridgehead atoms. The Morgan fingerprint density at radius 2 is 1.81 bits per heavy atom. The zero-order valence-corrected chi connectivity index (χ0v) is 14.4. The number of hydrogen-bond acceptors (Lipinski definition) is 4. The van der Waals surface area contributed by atoms with Crippen LogP contribution in [-0.2, 0) is 11.3 Å². The molecule has 1 fully saturated rings. The maximum atomic E-state index is 12.8. The maximum absolute atomic E-state index is 12.8. The van der Waals surface area contributed by atoms with E-state index in [4.69, 9.17) is 0 Å². The summed E-state index contributed by atoms with van der Waals surface area (Å²) in [6.07, 6.45) is 2.41. The summed E-state index contributed by atoms with van der Waals surface area (Å²) in [6, 6.07) is 12.9. The van der Waals surface area contributed by atoms with Gasteiger partial charge in [-0.2, -0.15) is 0 Å². The Kier molecular flexibility index (Phi) is 5.41. The van der Waals surface area contributed by atoms with Crippen LogP contribution in [0, 0.1) is 0 Å². The van der Waals surface area contributed by atoms with E-state index >= 15 is 0 Å². The van der Waals surface area contributed by atoms with Gasteiger partial charge in [0.05, 0.1) is 0 Å². The number of nitrogens with one attached hydrogen (secondary N) is 1. The van der Waals surface area contributed by atoms with Crippen molar-refractivity contribution in [1.29, 1.82) is 0 Å². The molecule has 3 N–H and O–H groups in total. The van der Waals surface area contributed by atoms with Gasteiger partial charge in [0.1, 0.15) is 6.04 Å². The first-order valence-corrected chi connectivity index (χ1v) is 8.71. The Morgan fingerprint density at radius 3 is 2.54 bits per heavy atom. The molecule has 2 aromatic carbocycles. The van der Waals surface area contributed by atoms with Crippen LogP contribution < -0.4 is 5.32 Å². The van der Waals surface area contributed by atoms with Crippen LogP contribution in [0.4, 0.5) is 0 Å². The highest BCUT2D eigenvalue weighted by atomic mass is 16.3. The van der Waals surface area contributed by atoms with Crippen molar-refractivity contribution in [1.82, 2.24) is 10.2 Å². The highest BCUT2D eigenvalue weighted by Crippen LogP contribution is 2.25. The van der Waals surface area contributed by atoms with Crippen LogP contribution in [0.5, 0.6) is 11.5 Å². The molecule has 26 heavy (non-hydrogen) atoms. The van der Waals surface area contributed by atoms with Crippen LogP contribution in [-0.4, -0.2) is 39.5 Å². The summed E-state index contributed by atoms with van der Waals surface area (Å²) in [5.41, 5.74) is 1.25. The molecule has 2 aromatic rings. The van der Waals surface area contributed by atoms with Crippen molar-refractivity contribution in [3.05, 3.63) is 59.7 Å². The lowest BCUT2D eigenvalue weighted by Gasteiger charge is -2.34. The van der Waals surface area contributed by atoms with E-state index in [2.05, 4.69) is 5.32 Å². The fraction of sp³-hybridized carbons (Fsp3) is 0.300. The molecule has 0 aliphatic carbocycles. The summed E-state index contributed by atoms with van der Waals surface area (Å²) >= 11 is 0. The SMILES string of the molecule is O=C(NCc1ccc(O)c(O)c1)C1CCCCN1C(=O)c1ccccc1. The molecule has 136 valence electrons. The van der Waals surface area contributed by atoms with Crippen molar-refractivity contribution in [3.63, 3.8) is 0 Å². The second kappa shape index (κ2) is 7.91. The summed E-state index contributed by atoms with van der Waals surface area (Å²) in [7, 11) is 0. The Hall–Kier alpha value is -3.02. The van der Waals surface area contributed by atoms with E-state index in [-0.39, 0.29) is 29.9 Å². The molecule has 6 heteroatoms. The number of likely N-dealkylation sites (tertiary alicyclic amines) is 1. The topological polar surface area (TPSA) is 89.9 Å². The second-order valence-corrected chi connectivity index (χ2v) is 6.42. The summed E-state index contributed by atoms with van der Waals surface area (Å²) in [5, 5.41) is 21.7. The number of piperidine rings is 1. The number of nitrogens with zero attached hydrogens (tertiary/aromatic N) is 1. The highest BCUT2D eigenvalue weighted by Gasteiger charge is 2.32. The van der Waals surface area contributed by atoms with Gasteiger partial charge in [-0.15, -0.1) is 0 Å². The smallest absolute Gasteiger partial charge is 0.254 e. The lowest BCUT2D eigenvalue weighted by Crippen LogP contribution is -2.51. The molecular weight excluding hydrogens is 332 g/mol. The third-order valence-electron chi connectivity index (χ3n) is 4.59. The molecule has 3 rings (SSSR count). The molecule has 1 aliphatic rings. The van der Waals surface area contributed by atoms with Gasteiger partial charge in [0, 0.05) is 18.7 Å². The van der Waals surface area contributed by atoms with Gasteiger partial charge in [-0.25, -0.2) is 0 Å². The molecule has 2 amide bonds. The van der Waals surface area contributed by atoms with E-state index in [1.54, 1.807) is 23.1 Å². The number of rotatable bonds is 4. The summed E-state index contributed by atoms with van der Waals surface area (Å²) in [6.45, 7) is 0.780. The number of amides is 2. The molecule has 1 aliphatic heterocycles. The minimum absolute atomic E-state index is 0.132. The number of carbonyl (C=O) groups is 2. The molecular formula is C20H22N2O4. The van der Waals surface area contributed by atoms with E-state index in [9.17, 15) is 19.8 Å². The van der Waals surface area contributed by atoms with E-state index in [0.29, 0.717) is 24.1 Å². The Bertz CT molecular complexity index is 792. The molecule has 6 nitrogen and oxygen atoms in total. The lowest BCUT2D eigenvalue weighted by molar-refractivity contribution is -0.126. The van der Waals surface area contributed by atoms with Gasteiger partial charge < -0.3 is 20.4 Å². The number of phenolic OH excluding ortho intramolecular Hbond substituents is 2. The predicted octanol–water partition coefficient (Wildman–Crippen LogP) is 2.41. The molecule has 0 radical (unpaired) electrons. The zero-order chi connectivity index (χ0) is 18.5. The predicted molar refractivity (Wildman–Crippen MR) is 96.7 cm³/mol. The van der Waals surface area contributed by atoms with Gasteiger partial charge in [-0.1, -0.05) is 24.3 Å². The average molecular weight is 354 g/mol. The number of benzene rings is 2. The van der Waals surface area contributed by atoms with Crippen LogP contribution in [0.25, 0.3) is 0 Å². The first-order chi connectivity index (χ1) is 12.6. The van der Waals surface area contributed by atoms with Crippen LogP contribution in [0.15, 0.2) is 48.5 Å². The Labute approximate surface area is 152 Å². The second-order valence-electron chi connectivity index (χ2n) is 6.42. The van der Waals surface area contributed by atoms with Crippen LogP contribution in [0.1, 0.15) is 35.2 Å². The standard InChI is InChI=1S/C20H22N2O4/c23-17-10-9-14(12-18(17)24)13-21-19(25)16-8-4-5-11-22(16)20(26)15-6-2-1-3-7-15/h1-3,6-7,9-10,12,16,23-24H,4-5,8,11,13H2,(H,21,25). The van der Waals surface area contributed by atoms with Crippen molar-refractivity contribution >= 4 is 11.8 Å². The third-order valence-corrected chi connectivity index (χ3v) is 4.59. The zero-order valence-electron chi connectivity index (χ0n) is 14.4. The van der Waals surface area contributed by atoms with Crippen molar-refractivity contribution in [2.45, 2.75) is 31.8 Å². The number of carbonyl (C=O) groups excluding carboxylic acids is 2. The molecule has 1 heterocycles. The van der Waals surface area contributed by atoms with Crippen molar-refractivity contribution < 1.29 is 19.8 Å². The molecule has 1 saturated heterocycles. The average Bonchev–Trinajstić information content (AvgIpc) is 2.68. The molecule has 1 atom stereocenters. The van der Waals surface area contributed by atoms with Crippen LogP contribution in [0.3, 0.4) is 0 Å². The lowest BCUT2D eigenvalue weighted by atomic mass is 10.00. The molecule has 0 saturated carbocycles. The van der Waals surface area contributed by atoms with Gasteiger partial charge >= 0.3 is 0 Å². The summed E-state index contributed by atoms with van der Waals surface area (Å²) in [4.78, 5) is 27.0. The minimum Gasteiger partial charge on any atom is -0.504 e. The Morgan fingerprint density at radius 1 is 1.04 bits per heavy atom. The van der Waals surface area contributed by atoms with Gasteiger partial charge in [0.25, 0.3) is 5.91 Å². The largest absolute Gasteiger partial charge is 0.504 e. The fourth-order valence-corrected chi connectivity index (χ4v) is 3.18. The van der Waals surface area contributed by atoms with Gasteiger partial charge in [0.2, 0.25) is 5.91 Å². The van der Waals surface area contributed by atoms with Crippen molar-refractivity contribution in [3.8, 4) is 11.5 Å². The maximum Gasteiger partial charge on any atom is 0.254 e. The van der Waals surface area contributed by atoms with Crippen molar-refractivity contribution in [2.75, 3.05) is 6.54 Å². The van der Waals surface area contributed by atoms with E-state index < -0.39 is 6.04 Å². The van der Waals surface area contributed by atoms with Gasteiger partial charge in [-0.05, 0) is 49.1 Å². The fourth-order valence-electron chi connectivity index (χ4n) is 3.18. The van der Waals surface area contributed by atoms with E-state index in [1.165, 1.54) is 12.1 Å². The Balaban J connectivity index is 1.67. The molecule has 0 spiro atoms. The third kappa shape index (κ3) is 3.96. The number of aromatic hydroxyl groups is 2. The summed E-state index contributed by atoms with van der Waals surface area (Å²) < 4.78 is 0. The van der Waals surface area contributed by atoms with Gasteiger partial charge in [0.15, 0.2) is 11.5 Å². The van der Waals surface area contributed by atoms with E-state index in [1.807, 2.05) is 18.2 Å². The van der Waals surface area contributed by atoms with Gasteiger partial charge in [-0.3, -0.25) is 9.59 Å². The van der Waals surface area contributed by atoms with Crippen molar-refractivity contribution in [2.24, 2.45) is 0 Å². The monoisotopic (exact) mass is 354 g/mol. The normalized spacial score (nSPS) is 16.9. The van der Waals surface area contributed by atoms with Crippen LogP contribution in [0.2, 0.25) is 0 Å². The number of phenols is 2. The van der Waals surface area contributed by atoms with E-state index in [0.717, 1.165) is 12.8 Å².